The smallest absolute Gasteiger partial charge is 0.326 e. The molecule has 0 spiro atoms. The van der Waals surface area contributed by atoms with Gasteiger partial charge in [-0.3, -0.25) is 24.2 Å². The molecule has 14 nitrogen and oxygen atoms in total. The van der Waals surface area contributed by atoms with E-state index in [1.54, 1.807) is 0 Å². The van der Waals surface area contributed by atoms with E-state index in [0.29, 0.717) is 0 Å². The first-order chi connectivity index (χ1) is 14.0. The van der Waals surface area contributed by atoms with Gasteiger partial charge >= 0.3 is 5.97 Å². The minimum Gasteiger partial charge on any atom is -0.480 e. The third-order valence-electron chi connectivity index (χ3n) is 3.83. The van der Waals surface area contributed by atoms with Gasteiger partial charge in [-0.15, -0.1) is 0 Å². The molecule has 14 heteroatoms. The van der Waals surface area contributed by atoms with Crippen LogP contribution in [0.4, 0.5) is 0 Å². The summed E-state index contributed by atoms with van der Waals surface area (Å²) in [6.07, 6.45) is -0.0954. The molecule has 0 aromatic rings. The van der Waals surface area contributed by atoms with Crippen molar-refractivity contribution < 1.29 is 29.1 Å². The van der Waals surface area contributed by atoms with Gasteiger partial charge in [-0.25, -0.2) is 4.79 Å². The van der Waals surface area contributed by atoms with E-state index in [9.17, 15) is 29.1 Å². The van der Waals surface area contributed by atoms with Crippen molar-refractivity contribution in [2.75, 3.05) is 13.1 Å². The molecule has 3 unspecified atom stereocenters. The van der Waals surface area contributed by atoms with E-state index in [4.69, 9.17) is 22.9 Å². The molecule has 0 bridgehead atoms. The molecule has 30 heavy (non-hydrogen) atoms. The van der Waals surface area contributed by atoms with E-state index >= 15 is 0 Å². The fraction of sp³-hybridized carbons (Fsp3) is 0.625. The molecule has 4 amide bonds. The Hall–Kier alpha value is -3.42. The van der Waals surface area contributed by atoms with E-state index < -0.39 is 47.7 Å². The second-order valence-electron chi connectivity index (χ2n) is 6.41. The van der Waals surface area contributed by atoms with Crippen LogP contribution < -0.4 is 38.9 Å². The van der Waals surface area contributed by atoms with Crippen LogP contribution >= 0.6 is 0 Å². The van der Waals surface area contributed by atoms with Crippen molar-refractivity contribution in [3.8, 4) is 0 Å². The highest BCUT2D eigenvalue weighted by Gasteiger charge is 2.28. The van der Waals surface area contributed by atoms with Crippen molar-refractivity contribution in [1.82, 2.24) is 16.0 Å². The number of aliphatic imine (C=N–C) groups is 1. The van der Waals surface area contributed by atoms with Crippen molar-refractivity contribution >= 4 is 35.6 Å². The van der Waals surface area contributed by atoms with Crippen LogP contribution in [-0.2, 0) is 24.0 Å². The first-order valence-electron chi connectivity index (χ1n) is 9.14. The Balaban J connectivity index is 5.09. The molecule has 0 saturated carbocycles. The largest absolute Gasteiger partial charge is 0.480 e. The van der Waals surface area contributed by atoms with Crippen molar-refractivity contribution in [3.05, 3.63) is 0 Å². The highest BCUT2D eigenvalue weighted by atomic mass is 16.4. The predicted molar refractivity (Wildman–Crippen MR) is 106 cm³/mol. The first kappa shape index (κ1) is 26.6. The SMILES string of the molecule is CC(NC(=O)CN)C(=O)NC(CCC(N)=O)C(=O)NC(CCCN=C(N)N)C(=O)O. The number of amides is 4. The van der Waals surface area contributed by atoms with E-state index in [1.165, 1.54) is 6.92 Å². The third kappa shape index (κ3) is 11.4. The molecule has 3 atom stereocenters. The first-order valence-corrected chi connectivity index (χ1v) is 9.14. The fourth-order valence-corrected chi connectivity index (χ4v) is 2.25. The summed E-state index contributed by atoms with van der Waals surface area (Å²) in [6, 6.07) is -3.53. The van der Waals surface area contributed by atoms with E-state index in [-0.39, 0.29) is 44.7 Å². The zero-order chi connectivity index (χ0) is 23.3. The molecule has 0 rings (SSSR count). The maximum absolute atomic E-state index is 12.5. The van der Waals surface area contributed by atoms with Crippen LogP contribution in [0.5, 0.6) is 0 Å². The van der Waals surface area contributed by atoms with Gasteiger partial charge in [0.05, 0.1) is 6.54 Å². The molecule has 0 heterocycles. The highest BCUT2D eigenvalue weighted by Crippen LogP contribution is 2.03. The monoisotopic (exact) mass is 430 g/mol. The van der Waals surface area contributed by atoms with Gasteiger partial charge in [0.15, 0.2) is 5.96 Å². The quantitative estimate of drug-likeness (QED) is 0.0753. The molecule has 0 aromatic heterocycles. The number of aliphatic carboxylic acids is 1. The third-order valence-corrected chi connectivity index (χ3v) is 3.83. The van der Waals surface area contributed by atoms with Crippen LogP contribution in [0, 0.1) is 0 Å². The van der Waals surface area contributed by atoms with Gasteiger partial charge in [-0.1, -0.05) is 0 Å². The Morgan fingerprint density at radius 1 is 0.933 bits per heavy atom. The van der Waals surface area contributed by atoms with Gasteiger partial charge in [0, 0.05) is 13.0 Å². The number of nitrogens with one attached hydrogen (secondary N) is 3. The molecular formula is C16H30N8O6. The molecule has 0 aliphatic carbocycles. The Morgan fingerprint density at radius 2 is 1.53 bits per heavy atom. The maximum atomic E-state index is 12.5. The summed E-state index contributed by atoms with van der Waals surface area (Å²) in [6.45, 7) is 1.21. The number of carboxylic acid groups (broad SMARTS) is 1. The fourth-order valence-electron chi connectivity index (χ4n) is 2.25. The second kappa shape index (κ2) is 13.7. The molecule has 0 aliphatic rings. The minimum absolute atomic E-state index is 0.0251. The van der Waals surface area contributed by atoms with E-state index in [2.05, 4.69) is 20.9 Å². The molecule has 0 radical (unpaired) electrons. The topological polar surface area (TPSA) is 258 Å². The zero-order valence-corrected chi connectivity index (χ0v) is 16.7. The summed E-state index contributed by atoms with van der Waals surface area (Å²) in [4.78, 5) is 62.3. The van der Waals surface area contributed by atoms with Gasteiger partial charge in [0.25, 0.3) is 0 Å². The van der Waals surface area contributed by atoms with E-state index in [0.717, 1.165) is 0 Å². The average Bonchev–Trinajstić information content (AvgIpc) is 2.66. The Labute approximate surface area is 173 Å². The molecule has 0 saturated heterocycles. The number of rotatable bonds is 14. The standard InChI is InChI=1S/C16H30N8O6/c1-8(22-12(26)7-17)13(27)23-9(4-5-11(18)25)14(28)24-10(15(29)30)3-2-6-21-16(19)20/h8-10H,2-7,17H2,1H3,(H2,18,25)(H,22,26)(H,23,27)(H,24,28)(H,29,30)(H4,19,20,21). The van der Waals surface area contributed by atoms with E-state index in [1.807, 2.05) is 0 Å². The van der Waals surface area contributed by atoms with Crippen LogP contribution in [0.3, 0.4) is 0 Å². The summed E-state index contributed by atoms with van der Waals surface area (Å²) in [7, 11) is 0. The summed E-state index contributed by atoms with van der Waals surface area (Å²) in [5.74, 6) is -4.27. The number of carbonyl (C=O) groups excluding carboxylic acids is 4. The van der Waals surface area contributed by atoms with Crippen LogP contribution in [-0.4, -0.2) is 71.9 Å². The van der Waals surface area contributed by atoms with Crippen LogP contribution in [0.15, 0.2) is 4.99 Å². The number of hydrogen-bond donors (Lipinski definition) is 8. The van der Waals surface area contributed by atoms with Crippen LogP contribution in [0.25, 0.3) is 0 Å². The molecule has 12 N–H and O–H groups in total. The Morgan fingerprint density at radius 3 is 2.03 bits per heavy atom. The predicted octanol–water partition coefficient (Wildman–Crippen LogP) is -4.18. The summed E-state index contributed by atoms with van der Waals surface area (Å²) < 4.78 is 0. The molecule has 0 aliphatic heterocycles. The Kier molecular flexibility index (Phi) is 12.1. The normalized spacial score (nSPS) is 13.3. The summed E-state index contributed by atoms with van der Waals surface area (Å²) in [5.41, 5.74) is 20.6. The number of carbonyl (C=O) groups is 5. The average molecular weight is 430 g/mol. The maximum Gasteiger partial charge on any atom is 0.326 e. The number of primary amides is 1. The highest BCUT2D eigenvalue weighted by molar-refractivity contribution is 5.93. The van der Waals surface area contributed by atoms with Crippen molar-refractivity contribution in [2.24, 2.45) is 27.9 Å². The van der Waals surface area contributed by atoms with Gasteiger partial charge in [0.1, 0.15) is 18.1 Å². The lowest BCUT2D eigenvalue weighted by Gasteiger charge is -2.23. The lowest BCUT2D eigenvalue weighted by Crippen LogP contribution is -2.55. The van der Waals surface area contributed by atoms with Crippen LogP contribution in [0.2, 0.25) is 0 Å². The molecular weight excluding hydrogens is 400 g/mol. The second-order valence-corrected chi connectivity index (χ2v) is 6.41. The number of nitrogens with two attached hydrogens (primary N) is 4. The van der Waals surface area contributed by atoms with Crippen molar-refractivity contribution in [2.45, 2.75) is 50.7 Å². The van der Waals surface area contributed by atoms with Crippen molar-refractivity contribution in [1.29, 1.82) is 0 Å². The number of nitrogens with zero attached hydrogens (tertiary/aromatic N) is 1. The summed E-state index contributed by atoms with van der Waals surface area (Å²) in [5, 5.41) is 16.3. The summed E-state index contributed by atoms with van der Waals surface area (Å²) >= 11 is 0. The lowest BCUT2D eigenvalue weighted by molar-refractivity contribution is -0.142. The molecule has 0 aromatic carbocycles. The molecule has 0 fully saturated rings. The van der Waals surface area contributed by atoms with Gasteiger partial charge in [0.2, 0.25) is 23.6 Å². The Bertz CT molecular complexity index is 664. The lowest BCUT2D eigenvalue weighted by atomic mass is 10.1. The van der Waals surface area contributed by atoms with Gasteiger partial charge in [-0.2, -0.15) is 0 Å². The minimum atomic E-state index is -1.29. The zero-order valence-electron chi connectivity index (χ0n) is 16.7. The number of carboxylic acids is 1. The molecule has 170 valence electrons. The van der Waals surface area contributed by atoms with Gasteiger partial charge in [-0.05, 0) is 26.2 Å². The van der Waals surface area contributed by atoms with Gasteiger partial charge < -0.3 is 44.0 Å². The van der Waals surface area contributed by atoms with Crippen LogP contribution in [0.1, 0.15) is 32.6 Å². The van der Waals surface area contributed by atoms with Crippen molar-refractivity contribution in [3.63, 3.8) is 0 Å². The number of hydrogen-bond acceptors (Lipinski definition) is 7. The number of guanidine groups is 1.